The Morgan fingerprint density at radius 1 is 1.13 bits per heavy atom. The van der Waals surface area contributed by atoms with E-state index in [-0.39, 0.29) is 37.8 Å². The summed E-state index contributed by atoms with van der Waals surface area (Å²) in [5.74, 6) is -3.32. The largest absolute Gasteiger partial charge is 0.497 e. The summed E-state index contributed by atoms with van der Waals surface area (Å²) in [6.45, 7) is 15.0. The van der Waals surface area contributed by atoms with Crippen LogP contribution in [-0.4, -0.2) is 80.6 Å². The fourth-order valence-corrected chi connectivity index (χ4v) is 10.8. The first kappa shape index (κ1) is 44.6. The first-order valence-corrected chi connectivity index (χ1v) is 22.7. The predicted molar refractivity (Wildman–Crippen MR) is 228 cm³/mol. The number of rotatable bonds is 16. The van der Waals surface area contributed by atoms with E-state index >= 15 is 0 Å². The van der Waals surface area contributed by atoms with Crippen molar-refractivity contribution in [1.82, 2.24) is 25.5 Å². The molecule has 1 saturated heterocycles. The highest BCUT2D eigenvalue weighted by atomic mass is 32.1. The van der Waals surface area contributed by atoms with Crippen LogP contribution in [0.15, 0.2) is 60.5 Å². The molecule has 6 atom stereocenters. The molecular weight excluding hydrogens is 814 g/mol. The van der Waals surface area contributed by atoms with Gasteiger partial charge in [-0.3, -0.25) is 18.9 Å². The van der Waals surface area contributed by atoms with Crippen molar-refractivity contribution >= 4 is 52.5 Å². The van der Waals surface area contributed by atoms with Crippen molar-refractivity contribution in [2.24, 2.45) is 11.3 Å². The number of methoxy groups -OCH3 is 1. The lowest BCUT2D eigenvalue weighted by molar-refractivity contribution is -0.144. The van der Waals surface area contributed by atoms with Crippen molar-refractivity contribution in [2.75, 3.05) is 19.0 Å². The number of nitrogens with zero attached hydrogens (tertiary/aromatic N) is 3. The lowest BCUT2D eigenvalue weighted by Crippen LogP contribution is -2.58. The Morgan fingerprint density at radius 3 is 2.47 bits per heavy atom. The molecule has 4 aromatic rings. The van der Waals surface area contributed by atoms with Gasteiger partial charge in [-0.05, 0) is 56.4 Å². The van der Waals surface area contributed by atoms with E-state index in [1.807, 2.05) is 26.2 Å². The maximum atomic E-state index is 14.8. The second kappa shape index (κ2) is 17.6. The van der Waals surface area contributed by atoms with Crippen LogP contribution in [-0.2, 0) is 25.1 Å². The van der Waals surface area contributed by atoms with Crippen LogP contribution in [0.4, 0.5) is 13.9 Å². The number of fused-ring (bicyclic) bond motifs is 1. The van der Waals surface area contributed by atoms with Crippen LogP contribution >= 0.6 is 18.7 Å². The molecule has 1 unspecified atom stereocenters. The Balaban J connectivity index is 1.37. The number of likely N-dealkylation sites (tertiary alicyclic amines) is 1. The highest BCUT2D eigenvalue weighted by Gasteiger charge is 2.66. The second-order valence-electron chi connectivity index (χ2n) is 16.8. The lowest BCUT2D eigenvalue weighted by atomic mass is 9.85. The molecule has 1 aliphatic heterocycles. The van der Waals surface area contributed by atoms with Gasteiger partial charge in [-0.25, -0.2) is 18.7 Å². The average molecular weight is 867 g/mol. The number of amides is 3. The molecule has 2 aromatic heterocycles. The van der Waals surface area contributed by atoms with E-state index in [4.69, 9.17) is 19.4 Å². The molecule has 0 radical (unpaired) electrons. The number of pyridine rings is 1. The molecule has 322 valence electrons. The third-order valence-corrected chi connectivity index (χ3v) is 14.3. The summed E-state index contributed by atoms with van der Waals surface area (Å²) >= 11 is 1.43. The van der Waals surface area contributed by atoms with E-state index in [9.17, 15) is 32.6 Å². The number of hydrogen-bond acceptors (Lipinski definition) is 10. The molecule has 60 heavy (non-hydrogen) atoms. The molecule has 13 nitrogen and oxygen atoms in total. The number of ether oxygens (including phenoxy) is 2. The van der Waals surface area contributed by atoms with Gasteiger partial charge in [-0.2, -0.15) is 0 Å². The van der Waals surface area contributed by atoms with Gasteiger partial charge in [-0.15, -0.1) is 17.9 Å². The number of aromatic nitrogens is 2. The number of carbonyl (C=O) groups excluding carboxylic acids is 3. The maximum Gasteiger partial charge on any atom is 0.246 e. The number of nitrogens with one attached hydrogen (secondary N) is 3. The summed E-state index contributed by atoms with van der Waals surface area (Å²) in [5, 5.41) is 10.4. The van der Waals surface area contributed by atoms with Gasteiger partial charge >= 0.3 is 0 Å². The number of carbonyl (C=O) groups is 3. The van der Waals surface area contributed by atoms with E-state index in [0.717, 1.165) is 18.2 Å². The van der Waals surface area contributed by atoms with E-state index in [2.05, 4.69) is 22.5 Å². The van der Waals surface area contributed by atoms with Gasteiger partial charge in [0.1, 0.15) is 52.3 Å². The predicted octanol–water partition coefficient (Wildman–Crippen LogP) is 7.63. The third kappa shape index (κ3) is 9.35. The summed E-state index contributed by atoms with van der Waals surface area (Å²) in [4.78, 5) is 64.8. The third-order valence-electron chi connectivity index (χ3n) is 10.9. The zero-order valence-electron chi connectivity index (χ0n) is 34.9. The molecule has 4 N–H and O–H groups in total. The molecule has 2 aromatic carbocycles. The highest BCUT2D eigenvalue weighted by Crippen LogP contribution is 2.71. The number of benzene rings is 2. The monoisotopic (exact) mass is 866 g/mol. The minimum absolute atomic E-state index is 0.00928. The zero-order chi connectivity index (χ0) is 43.7. The first-order chi connectivity index (χ1) is 28.3. The molecule has 0 bridgehead atoms. The minimum atomic E-state index is -4.59. The summed E-state index contributed by atoms with van der Waals surface area (Å²) in [7, 11) is -3.04. The smallest absolute Gasteiger partial charge is 0.246 e. The molecule has 3 heterocycles. The fraction of sp³-hybridized carbons (Fsp3) is 0.465. The number of hydrogen-bond donors (Lipinski definition) is 4. The van der Waals surface area contributed by atoms with Crippen LogP contribution in [0.25, 0.3) is 22.3 Å². The van der Waals surface area contributed by atoms with Gasteiger partial charge in [-0.1, -0.05) is 39.8 Å². The Morgan fingerprint density at radius 2 is 1.85 bits per heavy atom. The van der Waals surface area contributed by atoms with E-state index in [0.29, 0.717) is 45.3 Å². The van der Waals surface area contributed by atoms with Crippen molar-refractivity contribution < 1.29 is 42.1 Å². The summed E-state index contributed by atoms with van der Waals surface area (Å²) in [6.07, 6.45) is 0.449. The standard InChI is InChI=1S/C43H53F2N6O7PS/c1-9-12-37(52)49-38(42(5,6)7)40(54)51-21-27(18-35(51)39(53)50-43(20-25(43)10-2)59(55,56)22-29-30(44)13-11-14-31(29)45)58-36-19-33(34-23-60-41(48-34)46-24(3)4)47-32-17-26(57-8)15-16-28(32)36/h10-11,13-17,19,23-25,27,35,38H,2,9,12,18,20-22H2,1,3-8H3,(H,46,48)(H,49,52)(H,50,53)(H,55,56)/t25-,27-,35+,38-,43+/m1/s1. The van der Waals surface area contributed by atoms with Gasteiger partial charge in [0.25, 0.3) is 0 Å². The van der Waals surface area contributed by atoms with Crippen molar-refractivity contribution in [3.63, 3.8) is 0 Å². The van der Waals surface area contributed by atoms with Gasteiger partial charge < -0.3 is 35.2 Å². The van der Waals surface area contributed by atoms with Crippen LogP contribution in [0.3, 0.4) is 0 Å². The second-order valence-corrected chi connectivity index (χ2v) is 20.2. The van der Waals surface area contributed by atoms with E-state index in [1.165, 1.54) is 22.3 Å². The first-order valence-electron chi connectivity index (χ1n) is 20.0. The zero-order valence-corrected chi connectivity index (χ0v) is 36.6. The van der Waals surface area contributed by atoms with Crippen LogP contribution in [0.1, 0.15) is 72.8 Å². The minimum Gasteiger partial charge on any atom is -0.497 e. The Bertz CT molecular complexity index is 2320. The summed E-state index contributed by atoms with van der Waals surface area (Å²) in [5.41, 5.74) is 0.310. The van der Waals surface area contributed by atoms with Crippen LogP contribution in [0.5, 0.6) is 11.5 Å². The summed E-state index contributed by atoms with van der Waals surface area (Å²) < 4.78 is 55.9. The van der Waals surface area contributed by atoms with Crippen LogP contribution in [0, 0.1) is 23.0 Å². The fourth-order valence-electron chi connectivity index (χ4n) is 7.59. The Labute approximate surface area is 352 Å². The van der Waals surface area contributed by atoms with Crippen LogP contribution in [0.2, 0.25) is 0 Å². The molecule has 1 saturated carbocycles. The van der Waals surface area contributed by atoms with Crippen molar-refractivity contribution in [3.05, 3.63) is 77.7 Å². The van der Waals surface area contributed by atoms with E-state index in [1.54, 1.807) is 52.1 Å². The summed E-state index contributed by atoms with van der Waals surface area (Å²) in [6, 6.07) is 8.12. The maximum absolute atomic E-state index is 14.8. The number of thiazole rings is 1. The molecular formula is C43H53F2N6O7PS. The molecule has 6 rings (SSSR count). The molecule has 1 aliphatic carbocycles. The number of halogens is 2. The van der Waals surface area contributed by atoms with Gasteiger partial charge in [0.05, 0.1) is 31.0 Å². The molecule has 0 spiro atoms. The van der Waals surface area contributed by atoms with Crippen molar-refractivity contribution in [2.45, 2.75) is 103 Å². The quantitative estimate of drug-likeness (QED) is 0.0648. The number of anilines is 1. The van der Waals surface area contributed by atoms with Crippen molar-refractivity contribution in [1.29, 1.82) is 0 Å². The molecule has 17 heteroatoms. The van der Waals surface area contributed by atoms with Crippen LogP contribution < -0.4 is 25.4 Å². The normalized spacial score (nSPS) is 21.6. The Kier molecular flexibility index (Phi) is 13.1. The molecule has 3 amide bonds. The molecule has 2 fully saturated rings. The Hall–Kier alpha value is -4.92. The van der Waals surface area contributed by atoms with Gasteiger partial charge in [0.15, 0.2) is 5.13 Å². The van der Waals surface area contributed by atoms with E-state index < -0.39 is 77.3 Å². The topological polar surface area (TPSA) is 172 Å². The lowest BCUT2D eigenvalue weighted by Gasteiger charge is -2.36. The van der Waals surface area contributed by atoms with Crippen molar-refractivity contribution in [3.8, 4) is 22.9 Å². The molecule has 2 aliphatic rings. The highest BCUT2D eigenvalue weighted by molar-refractivity contribution is 7.59. The van der Waals surface area contributed by atoms with Gasteiger partial charge in [0.2, 0.25) is 25.1 Å². The SMILES string of the molecule is C=C[C@@H]1C[C@]1(NC(=O)[C@@H]1C[C@@H](Oc2cc(-c3csc(NC(C)C)n3)nc3cc(OC)ccc23)CN1C(=O)[C@@H](NC(=O)CCC)C(C)(C)C)P(=O)(O)Cc1c(F)cccc1F. The average Bonchev–Trinajstić information content (AvgIpc) is 3.46. The van der Waals surface area contributed by atoms with Gasteiger partial charge in [0, 0.05) is 53.3 Å².